The summed E-state index contributed by atoms with van der Waals surface area (Å²) in [6, 6.07) is 3.07. The van der Waals surface area contributed by atoms with E-state index in [1.807, 2.05) is 20.8 Å². The van der Waals surface area contributed by atoms with Gasteiger partial charge in [-0.2, -0.15) is 0 Å². The number of benzene rings is 1. The van der Waals surface area contributed by atoms with Crippen LogP contribution in [0, 0.1) is 17.6 Å². The van der Waals surface area contributed by atoms with E-state index in [2.05, 4.69) is 15.6 Å². The van der Waals surface area contributed by atoms with Crippen LogP contribution in [0.4, 0.5) is 8.78 Å². The van der Waals surface area contributed by atoms with Gasteiger partial charge in [-0.3, -0.25) is 4.99 Å². The average molecular weight is 357 g/mol. The van der Waals surface area contributed by atoms with Gasteiger partial charge in [0.2, 0.25) is 0 Å². The first-order valence-electron chi connectivity index (χ1n) is 8.59. The number of rotatable bonds is 9. The second-order valence-corrected chi connectivity index (χ2v) is 6.34. The number of nitrogens with one attached hydrogen (secondary N) is 2. The van der Waals surface area contributed by atoms with Crippen LogP contribution >= 0.6 is 0 Å². The molecule has 142 valence electrons. The molecule has 2 atom stereocenters. The first kappa shape index (κ1) is 21.3. The third-order valence-electron chi connectivity index (χ3n) is 3.35. The molecular weight excluding hydrogens is 328 g/mol. The Morgan fingerprint density at radius 1 is 1.24 bits per heavy atom. The molecule has 0 bridgehead atoms. The summed E-state index contributed by atoms with van der Waals surface area (Å²) >= 11 is 0. The molecule has 1 aromatic carbocycles. The fourth-order valence-corrected chi connectivity index (χ4v) is 2.14. The maximum atomic E-state index is 13.9. The first-order valence-corrected chi connectivity index (χ1v) is 8.59. The lowest BCUT2D eigenvalue weighted by Crippen LogP contribution is -2.39. The number of aliphatic hydroxyl groups is 1. The van der Waals surface area contributed by atoms with Crippen LogP contribution in [0.5, 0.6) is 0 Å². The van der Waals surface area contributed by atoms with E-state index in [9.17, 15) is 13.9 Å². The lowest BCUT2D eigenvalue weighted by molar-refractivity contribution is 0.0301. The smallest absolute Gasteiger partial charge is 0.191 e. The zero-order valence-corrected chi connectivity index (χ0v) is 15.4. The van der Waals surface area contributed by atoms with Gasteiger partial charge in [0.05, 0.1) is 25.3 Å². The van der Waals surface area contributed by atoms with Gasteiger partial charge in [-0.05, 0) is 25.8 Å². The maximum Gasteiger partial charge on any atom is 0.191 e. The summed E-state index contributed by atoms with van der Waals surface area (Å²) in [5, 5.41) is 16.0. The van der Waals surface area contributed by atoms with Gasteiger partial charge in [-0.25, -0.2) is 8.78 Å². The molecule has 0 saturated heterocycles. The first-order chi connectivity index (χ1) is 11.8. The molecule has 0 spiro atoms. The van der Waals surface area contributed by atoms with Crippen molar-refractivity contribution < 1.29 is 18.6 Å². The molecule has 1 rings (SSSR count). The highest BCUT2D eigenvalue weighted by Crippen LogP contribution is 2.17. The van der Waals surface area contributed by atoms with Gasteiger partial charge in [-0.15, -0.1) is 0 Å². The van der Waals surface area contributed by atoms with Gasteiger partial charge >= 0.3 is 0 Å². The summed E-state index contributed by atoms with van der Waals surface area (Å²) in [4.78, 5) is 4.29. The SMILES string of the molecule is CCNC(=NCC(O)COCC(C)C)NC(C)c1ccc(F)cc1F. The molecule has 25 heavy (non-hydrogen) atoms. The van der Waals surface area contributed by atoms with Gasteiger partial charge in [0.15, 0.2) is 5.96 Å². The molecule has 0 radical (unpaired) electrons. The van der Waals surface area contributed by atoms with Crippen LogP contribution in [-0.4, -0.2) is 43.5 Å². The number of guanidine groups is 1. The van der Waals surface area contributed by atoms with Crippen molar-refractivity contribution in [2.45, 2.75) is 39.8 Å². The monoisotopic (exact) mass is 357 g/mol. The van der Waals surface area contributed by atoms with Crippen LogP contribution in [0.25, 0.3) is 0 Å². The van der Waals surface area contributed by atoms with Crippen molar-refractivity contribution in [2.24, 2.45) is 10.9 Å². The minimum absolute atomic E-state index is 0.159. The van der Waals surface area contributed by atoms with E-state index in [4.69, 9.17) is 4.74 Å². The van der Waals surface area contributed by atoms with E-state index < -0.39 is 23.8 Å². The van der Waals surface area contributed by atoms with Crippen molar-refractivity contribution in [2.75, 3.05) is 26.3 Å². The second kappa shape index (κ2) is 11.0. The van der Waals surface area contributed by atoms with Crippen LogP contribution in [0.3, 0.4) is 0 Å². The van der Waals surface area contributed by atoms with Crippen molar-refractivity contribution in [3.63, 3.8) is 0 Å². The van der Waals surface area contributed by atoms with Crippen molar-refractivity contribution in [1.82, 2.24) is 10.6 Å². The molecular formula is C18H29F2N3O2. The van der Waals surface area contributed by atoms with Crippen LogP contribution < -0.4 is 10.6 Å². The molecule has 3 N–H and O–H groups in total. The molecule has 0 aliphatic rings. The highest BCUT2D eigenvalue weighted by molar-refractivity contribution is 5.80. The number of aliphatic imine (C=N–C) groups is 1. The van der Waals surface area contributed by atoms with Crippen LogP contribution in [0.2, 0.25) is 0 Å². The van der Waals surface area contributed by atoms with E-state index in [-0.39, 0.29) is 13.2 Å². The van der Waals surface area contributed by atoms with Crippen molar-refractivity contribution in [3.8, 4) is 0 Å². The van der Waals surface area contributed by atoms with E-state index in [1.54, 1.807) is 6.92 Å². The molecule has 7 heteroatoms. The van der Waals surface area contributed by atoms with Crippen LogP contribution in [0.1, 0.15) is 39.3 Å². The standard InChI is InChI=1S/C18H29F2N3O2/c1-5-21-18(22-9-15(24)11-25-10-12(2)3)23-13(4)16-7-6-14(19)8-17(16)20/h6-8,12-13,15,24H,5,9-11H2,1-4H3,(H2,21,22,23). The fraction of sp³-hybridized carbons (Fsp3) is 0.611. The Hall–Kier alpha value is -1.73. The number of hydrogen-bond donors (Lipinski definition) is 3. The average Bonchev–Trinajstić information content (AvgIpc) is 2.52. The Kier molecular flexibility index (Phi) is 9.37. The molecule has 2 unspecified atom stereocenters. The summed E-state index contributed by atoms with van der Waals surface area (Å²) in [6.45, 7) is 9.30. The Morgan fingerprint density at radius 3 is 2.56 bits per heavy atom. The summed E-state index contributed by atoms with van der Waals surface area (Å²) < 4.78 is 32.3. The summed E-state index contributed by atoms with van der Waals surface area (Å²) in [5.74, 6) is -0.376. The van der Waals surface area contributed by atoms with Crippen LogP contribution in [-0.2, 0) is 4.74 Å². The predicted octanol–water partition coefficient (Wildman–Crippen LogP) is 2.61. The number of nitrogens with zero attached hydrogens (tertiary/aromatic N) is 1. The van der Waals surface area contributed by atoms with Crippen molar-refractivity contribution in [1.29, 1.82) is 0 Å². The molecule has 1 aromatic rings. The quantitative estimate of drug-likeness (QED) is 0.470. The van der Waals surface area contributed by atoms with Crippen LogP contribution in [0.15, 0.2) is 23.2 Å². The molecule has 5 nitrogen and oxygen atoms in total. The Bertz CT molecular complexity index is 553. The van der Waals surface area contributed by atoms with E-state index in [0.29, 0.717) is 30.6 Å². The Morgan fingerprint density at radius 2 is 1.96 bits per heavy atom. The minimum Gasteiger partial charge on any atom is -0.389 e. The fourth-order valence-electron chi connectivity index (χ4n) is 2.14. The van der Waals surface area contributed by atoms with Crippen molar-refractivity contribution >= 4 is 5.96 Å². The topological polar surface area (TPSA) is 65.9 Å². The number of aliphatic hydroxyl groups excluding tert-OH is 1. The third-order valence-corrected chi connectivity index (χ3v) is 3.35. The zero-order valence-electron chi connectivity index (χ0n) is 15.4. The lowest BCUT2D eigenvalue weighted by Gasteiger charge is -2.19. The van der Waals surface area contributed by atoms with Gasteiger partial charge in [0.25, 0.3) is 0 Å². The van der Waals surface area contributed by atoms with E-state index >= 15 is 0 Å². The minimum atomic E-state index is -0.716. The third kappa shape index (κ3) is 8.27. The number of hydrogen-bond acceptors (Lipinski definition) is 3. The normalized spacial score (nSPS) is 14.5. The number of halogens is 2. The summed E-state index contributed by atoms with van der Waals surface area (Å²) in [6.07, 6.45) is -0.716. The van der Waals surface area contributed by atoms with Crippen molar-refractivity contribution in [3.05, 3.63) is 35.4 Å². The highest BCUT2D eigenvalue weighted by atomic mass is 19.1. The van der Waals surface area contributed by atoms with E-state index in [1.165, 1.54) is 12.1 Å². The molecule has 0 aliphatic carbocycles. The lowest BCUT2D eigenvalue weighted by atomic mass is 10.1. The molecule has 0 heterocycles. The molecule has 0 aromatic heterocycles. The van der Waals surface area contributed by atoms with E-state index in [0.717, 1.165) is 6.07 Å². The number of ether oxygens (including phenoxy) is 1. The molecule has 0 aliphatic heterocycles. The summed E-state index contributed by atoms with van der Waals surface area (Å²) in [5.41, 5.74) is 0.341. The molecule has 0 amide bonds. The molecule has 0 fully saturated rings. The maximum absolute atomic E-state index is 13.9. The Balaban J connectivity index is 2.62. The largest absolute Gasteiger partial charge is 0.389 e. The van der Waals surface area contributed by atoms with Gasteiger partial charge in [-0.1, -0.05) is 19.9 Å². The second-order valence-electron chi connectivity index (χ2n) is 6.34. The Labute approximate surface area is 148 Å². The predicted molar refractivity (Wildman–Crippen MR) is 95.6 cm³/mol. The zero-order chi connectivity index (χ0) is 18.8. The molecule has 0 saturated carbocycles. The highest BCUT2D eigenvalue weighted by Gasteiger charge is 2.13. The summed E-state index contributed by atoms with van der Waals surface area (Å²) in [7, 11) is 0. The van der Waals surface area contributed by atoms with Gasteiger partial charge < -0.3 is 20.5 Å². The van der Waals surface area contributed by atoms with Gasteiger partial charge in [0.1, 0.15) is 11.6 Å². The van der Waals surface area contributed by atoms with Gasteiger partial charge in [0, 0.05) is 24.8 Å².